The van der Waals surface area contributed by atoms with Crippen LogP contribution in [-0.2, 0) is 10.8 Å². The van der Waals surface area contributed by atoms with Gasteiger partial charge in [-0.15, -0.1) is 0 Å². The minimum atomic E-state index is 0.0716. The van der Waals surface area contributed by atoms with Crippen LogP contribution in [0.15, 0.2) is 84.9 Å². The summed E-state index contributed by atoms with van der Waals surface area (Å²) in [5.74, 6) is 13.4. The molecule has 6 rings (SSSR count). The largest absolute Gasteiger partial charge is 0.192 e. The van der Waals surface area contributed by atoms with E-state index >= 15 is 0 Å². The quantitative estimate of drug-likeness (QED) is 0.136. The van der Waals surface area contributed by atoms with E-state index in [0.29, 0.717) is 11.1 Å². The van der Waals surface area contributed by atoms with Gasteiger partial charge in [-0.2, -0.15) is 10.5 Å². The van der Waals surface area contributed by atoms with Crippen molar-refractivity contribution in [1.29, 1.82) is 10.5 Å². The number of hydrogen-bond acceptors (Lipinski definition) is 2. The Labute approximate surface area is 259 Å². The predicted octanol–water partition coefficient (Wildman–Crippen LogP) is 9.72. The second kappa shape index (κ2) is 10.6. The van der Waals surface area contributed by atoms with Gasteiger partial charge in [0.1, 0.15) is 0 Å². The molecule has 0 aromatic heterocycles. The Bertz CT molecular complexity index is 2120. The first-order valence-corrected chi connectivity index (χ1v) is 14.8. The number of rotatable bonds is 0. The lowest BCUT2D eigenvalue weighted by Crippen LogP contribution is -2.10. The van der Waals surface area contributed by atoms with E-state index in [2.05, 4.69) is 138 Å². The summed E-state index contributed by atoms with van der Waals surface area (Å²) in [7, 11) is 0. The molecular weight excluding hydrogens is 532 g/mol. The molecule has 6 aromatic rings. The number of nitrogens with zero attached hydrogens (tertiary/aromatic N) is 2. The number of benzene rings is 6. The maximum Gasteiger partial charge on any atom is 0.0998 e. The molecule has 0 unspecified atom stereocenters. The minimum Gasteiger partial charge on any atom is -0.192 e. The van der Waals surface area contributed by atoms with Crippen LogP contribution < -0.4 is 0 Å². The molecule has 2 nitrogen and oxygen atoms in total. The molecule has 0 spiro atoms. The molecule has 2 heteroatoms. The average molecular weight is 565 g/mol. The maximum atomic E-state index is 10.1. The Morgan fingerprint density at radius 1 is 0.409 bits per heavy atom. The SMILES string of the molecule is CC(C)(C)c1ccc(C#Cc2cc(C#N)c3ccc4c(C#N)cc(C#Cc5ccc(C(C)(C)C)cc5)c5ccc2c3c45)cc1. The molecule has 0 saturated carbocycles. The normalized spacial score (nSPS) is 11.5. The third-order valence-electron chi connectivity index (χ3n) is 8.32. The first-order chi connectivity index (χ1) is 21.0. The lowest BCUT2D eigenvalue weighted by atomic mass is 9.86. The van der Waals surface area contributed by atoms with E-state index in [0.717, 1.165) is 54.6 Å². The number of nitriles is 2. The van der Waals surface area contributed by atoms with Gasteiger partial charge in [0.2, 0.25) is 0 Å². The highest BCUT2D eigenvalue weighted by atomic mass is 14.3. The van der Waals surface area contributed by atoms with Crippen molar-refractivity contribution in [3.63, 3.8) is 0 Å². The molecule has 0 aliphatic heterocycles. The Hall–Kier alpha value is -5.54. The lowest BCUT2D eigenvalue weighted by Gasteiger charge is -2.18. The average Bonchev–Trinajstić information content (AvgIpc) is 3.01. The molecule has 0 fully saturated rings. The fourth-order valence-electron chi connectivity index (χ4n) is 5.77. The highest BCUT2D eigenvalue weighted by molar-refractivity contribution is 6.26. The topological polar surface area (TPSA) is 47.6 Å². The van der Waals surface area contributed by atoms with Gasteiger partial charge in [-0.3, -0.25) is 0 Å². The van der Waals surface area contributed by atoms with Crippen LogP contribution in [0.5, 0.6) is 0 Å². The van der Waals surface area contributed by atoms with Crippen molar-refractivity contribution in [3.05, 3.63) is 129 Å². The second-order valence-corrected chi connectivity index (χ2v) is 13.4. The summed E-state index contributed by atoms with van der Waals surface area (Å²) in [6.45, 7) is 13.2. The van der Waals surface area contributed by atoms with Gasteiger partial charge in [-0.05, 0) is 79.9 Å². The number of hydrogen-bond donors (Lipinski definition) is 0. The molecular formula is C42H32N2. The van der Waals surface area contributed by atoms with E-state index in [1.165, 1.54) is 11.1 Å². The van der Waals surface area contributed by atoms with Crippen molar-refractivity contribution in [2.24, 2.45) is 0 Å². The summed E-state index contributed by atoms with van der Waals surface area (Å²) in [5, 5.41) is 25.8. The highest BCUT2D eigenvalue weighted by Crippen LogP contribution is 2.40. The fraction of sp³-hybridized carbons (Fsp3) is 0.190. The molecule has 6 aromatic carbocycles. The Balaban J connectivity index is 1.54. The summed E-state index contributed by atoms with van der Waals surface area (Å²) in [4.78, 5) is 0. The molecule has 0 aliphatic rings. The van der Waals surface area contributed by atoms with Crippen LogP contribution in [0.2, 0.25) is 0 Å². The fourth-order valence-corrected chi connectivity index (χ4v) is 5.77. The van der Waals surface area contributed by atoms with Gasteiger partial charge in [0, 0.05) is 33.0 Å². The molecule has 0 atom stereocenters. The summed E-state index contributed by atoms with van der Waals surface area (Å²) in [6.07, 6.45) is 0. The molecule has 0 saturated heterocycles. The van der Waals surface area contributed by atoms with E-state index in [1.54, 1.807) is 0 Å². The van der Waals surface area contributed by atoms with Crippen molar-refractivity contribution in [2.45, 2.75) is 52.4 Å². The third kappa shape index (κ3) is 5.14. The molecule has 0 bridgehead atoms. The van der Waals surface area contributed by atoms with E-state index in [-0.39, 0.29) is 10.8 Å². The van der Waals surface area contributed by atoms with Gasteiger partial charge in [-0.1, -0.05) is 114 Å². The maximum absolute atomic E-state index is 10.1. The molecule has 0 heterocycles. The van der Waals surface area contributed by atoms with Crippen LogP contribution >= 0.6 is 0 Å². The zero-order chi connectivity index (χ0) is 31.2. The Morgan fingerprint density at radius 3 is 1.02 bits per heavy atom. The van der Waals surface area contributed by atoms with E-state index in [4.69, 9.17) is 0 Å². The molecule has 44 heavy (non-hydrogen) atoms. The van der Waals surface area contributed by atoms with Crippen molar-refractivity contribution in [2.75, 3.05) is 0 Å². The van der Waals surface area contributed by atoms with Crippen LogP contribution in [0, 0.1) is 46.3 Å². The zero-order valence-electron chi connectivity index (χ0n) is 26.0. The molecule has 210 valence electrons. The minimum absolute atomic E-state index is 0.0716. The molecule has 0 radical (unpaired) electrons. The Morgan fingerprint density at radius 2 is 0.727 bits per heavy atom. The summed E-state index contributed by atoms with van der Waals surface area (Å²) in [6, 6.07) is 33.3. The van der Waals surface area contributed by atoms with E-state index in [1.807, 2.05) is 24.3 Å². The van der Waals surface area contributed by atoms with Gasteiger partial charge in [0.15, 0.2) is 0 Å². The lowest BCUT2D eigenvalue weighted by molar-refractivity contribution is 0.590. The predicted molar refractivity (Wildman–Crippen MR) is 182 cm³/mol. The van der Waals surface area contributed by atoms with Gasteiger partial charge in [-0.25, -0.2) is 0 Å². The smallest absolute Gasteiger partial charge is 0.0998 e. The molecule has 0 amide bonds. The Kier molecular flexibility index (Phi) is 6.90. The zero-order valence-corrected chi connectivity index (χ0v) is 26.0. The van der Waals surface area contributed by atoms with Gasteiger partial charge >= 0.3 is 0 Å². The van der Waals surface area contributed by atoms with Gasteiger partial charge in [0.05, 0.1) is 23.3 Å². The van der Waals surface area contributed by atoms with Crippen LogP contribution in [0.4, 0.5) is 0 Å². The monoisotopic (exact) mass is 564 g/mol. The van der Waals surface area contributed by atoms with E-state index < -0.39 is 0 Å². The van der Waals surface area contributed by atoms with Gasteiger partial charge in [0.25, 0.3) is 0 Å². The van der Waals surface area contributed by atoms with Crippen LogP contribution in [0.25, 0.3) is 32.3 Å². The van der Waals surface area contributed by atoms with Crippen molar-refractivity contribution >= 4 is 32.3 Å². The second-order valence-electron chi connectivity index (χ2n) is 13.4. The molecule has 0 aliphatic carbocycles. The summed E-state index contributed by atoms with van der Waals surface area (Å²) in [5.41, 5.74) is 7.20. The third-order valence-corrected chi connectivity index (χ3v) is 8.32. The first kappa shape index (κ1) is 28.6. The van der Waals surface area contributed by atoms with Crippen molar-refractivity contribution in [1.82, 2.24) is 0 Å². The highest BCUT2D eigenvalue weighted by Gasteiger charge is 2.18. The summed E-state index contributed by atoms with van der Waals surface area (Å²) < 4.78 is 0. The molecule has 0 N–H and O–H groups in total. The first-order valence-electron chi connectivity index (χ1n) is 14.8. The van der Waals surface area contributed by atoms with Crippen molar-refractivity contribution in [3.8, 4) is 35.8 Å². The van der Waals surface area contributed by atoms with E-state index in [9.17, 15) is 10.5 Å². The van der Waals surface area contributed by atoms with Crippen LogP contribution in [-0.4, -0.2) is 0 Å². The van der Waals surface area contributed by atoms with Gasteiger partial charge < -0.3 is 0 Å². The van der Waals surface area contributed by atoms with Crippen LogP contribution in [0.1, 0.15) is 86.1 Å². The standard InChI is InChI=1S/C42H32N2/c1-41(2,3)33-15-9-27(10-16-33)7-13-29-23-31(25-43)37-21-22-38-32(26-44)24-30(36-20-19-35(29)39(37)40(36)38)14-8-28-11-17-34(18-12-28)42(4,5)6/h9-12,15-24H,1-6H3. The summed E-state index contributed by atoms with van der Waals surface area (Å²) >= 11 is 0. The van der Waals surface area contributed by atoms with Crippen molar-refractivity contribution < 1.29 is 0 Å². The van der Waals surface area contributed by atoms with Crippen LogP contribution in [0.3, 0.4) is 0 Å².